The highest BCUT2D eigenvalue weighted by atomic mass is 16.5. The number of carbonyl (C=O) groups is 1. The number of amides is 2. The van der Waals surface area contributed by atoms with E-state index in [0.717, 1.165) is 51.7 Å². The maximum Gasteiger partial charge on any atom is 0.315 e. The van der Waals surface area contributed by atoms with Gasteiger partial charge in [0.1, 0.15) is 0 Å². The summed E-state index contributed by atoms with van der Waals surface area (Å²) in [5, 5.41) is 7.05. The molecule has 34 heavy (non-hydrogen) atoms. The molecular formula is C29H41N3O2. The lowest BCUT2D eigenvalue weighted by Gasteiger charge is -2.53. The molecule has 5 aliphatic rings. The number of methoxy groups -OCH3 is 1. The van der Waals surface area contributed by atoms with E-state index in [9.17, 15) is 4.79 Å². The van der Waals surface area contributed by atoms with Gasteiger partial charge in [-0.3, -0.25) is 0 Å². The maximum atomic E-state index is 13.5. The van der Waals surface area contributed by atoms with Crippen LogP contribution in [0.1, 0.15) is 63.9 Å². The Labute approximate surface area is 205 Å². The number of hydrogen-bond donors (Lipinski definition) is 2. The molecule has 1 saturated carbocycles. The molecule has 2 aliphatic carbocycles. The van der Waals surface area contributed by atoms with Crippen LogP contribution < -0.4 is 10.6 Å². The fourth-order valence-corrected chi connectivity index (χ4v) is 6.98. The summed E-state index contributed by atoms with van der Waals surface area (Å²) in [5.41, 5.74) is 2.23. The minimum absolute atomic E-state index is 0.0328. The van der Waals surface area contributed by atoms with E-state index in [0.29, 0.717) is 5.92 Å². The normalized spacial score (nSPS) is 33.3. The van der Waals surface area contributed by atoms with Gasteiger partial charge in [0.15, 0.2) is 0 Å². The number of allylic oxidation sites excluding steroid dienone is 3. The molecule has 5 nitrogen and oxygen atoms in total. The van der Waals surface area contributed by atoms with E-state index in [1.807, 2.05) is 0 Å². The lowest BCUT2D eigenvalue weighted by atomic mass is 9.68. The Morgan fingerprint density at radius 1 is 1.15 bits per heavy atom. The first-order chi connectivity index (χ1) is 16.5. The largest absolute Gasteiger partial charge is 0.385 e. The molecule has 0 radical (unpaired) electrons. The Kier molecular flexibility index (Phi) is 6.60. The second-order valence-electron chi connectivity index (χ2n) is 11.0. The molecule has 2 unspecified atom stereocenters. The molecule has 2 amide bonds. The van der Waals surface area contributed by atoms with Crippen LogP contribution in [0.2, 0.25) is 0 Å². The van der Waals surface area contributed by atoms with Crippen molar-refractivity contribution in [1.82, 2.24) is 15.5 Å². The van der Waals surface area contributed by atoms with Gasteiger partial charge in [-0.25, -0.2) is 4.79 Å². The lowest BCUT2D eigenvalue weighted by Crippen LogP contribution is -2.68. The van der Waals surface area contributed by atoms with Gasteiger partial charge in [0.25, 0.3) is 0 Å². The number of carbonyl (C=O) groups excluding carboxylic acids is 1. The summed E-state index contributed by atoms with van der Waals surface area (Å²) in [7, 11) is 1.77. The zero-order chi connectivity index (χ0) is 23.7. The Morgan fingerprint density at radius 2 is 1.91 bits per heavy atom. The van der Waals surface area contributed by atoms with Gasteiger partial charge in [-0.15, -0.1) is 0 Å². The molecule has 5 heteroatoms. The molecule has 4 fully saturated rings. The van der Waals surface area contributed by atoms with Crippen molar-refractivity contribution in [3.8, 4) is 0 Å². The number of rotatable bonds is 9. The van der Waals surface area contributed by atoms with Crippen molar-refractivity contribution in [2.75, 3.05) is 33.4 Å². The van der Waals surface area contributed by atoms with Crippen LogP contribution in [0.15, 0.2) is 48.6 Å². The van der Waals surface area contributed by atoms with Crippen molar-refractivity contribution in [3.05, 3.63) is 54.1 Å². The second kappa shape index (κ2) is 9.50. The zero-order valence-corrected chi connectivity index (χ0v) is 20.9. The van der Waals surface area contributed by atoms with Crippen molar-refractivity contribution in [2.45, 2.75) is 69.4 Å². The van der Waals surface area contributed by atoms with Gasteiger partial charge in [0.05, 0.1) is 11.1 Å². The molecular weight excluding hydrogens is 422 g/mol. The van der Waals surface area contributed by atoms with E-state index in [2.05, 4.69) is 71.0 Å². The fourth-order valence-electron chi connectivity index (χ4n) is 6.98. The molecule has 2 atom stereocenters. The van der Waals surface area contributed by atoms with Crippen molar-refractivity contribution in [2.24, 2.45) is 11.3 Å². The van der Waals surface area contributed by atoms with Crippen molar-refractivity contribution >= 4 is 11.6 Å². The number of nitrogens with one attached hydrogen (secondary N) is 2. The summed E-state index contributed by atoms with van der Waals surface area (Å²) in [6, 6.07) is 10.6. The third-order valence-electron chi connectivity index (χ3n) is 9.27. The van der Waals surface area contributed by atoms with E-state index >= 15 is 0 Å². The predicted octanol–water partition coefficient (Wildman–Crippen LogP) is 5.15. The van der Waals surface area contributed by atoms with E-state index in [1.165, 1.54) is 37.1 Å². The van der Waals surface area contributed by atoms with Gasteiger partial charge in [-0.2, -0.15) is 0 Å². The third kappa shape index (κ3) is 4.33. The molecule has 0 spiro atoms. The van der Waals surface area contributed by atoms with Gasteiger partial charge in [0.2, 0.25) is 0 Å². The number of fused-ring (bicyclic) bond motifs is 3. The summed E-state index contributed by atoms with van der Waals surface area (Å²) in [5.74, 6) is 0.602. The monoisotopic (exact) mass is 463 g/mol. The number of hydrogen-bond acceptors (Lipinski definition) is 3. The van der Waals surface area contributed by atoms with E-state index in [-0.39, 0.29) is 22.5 Å². The first-order valence-corrected chi connectivity index (χ1v) is 13.3. The summed E-state index contributed by atoms with van der Waals surface area (Å²) >= 11 is 0. The highest BCUT2D eigenvalue weighted by molar-refractivity contribution is 5.78. The average molecular weight is 464 g/mol. The number of benzene rings is 1. The smallest absolute Gasteiger partial charge is 0.315 e. The molecule has 184 valence electrons. The highest BCUT2D eigenvalue weighted by Crippen LogP contribution is 2.57. The van der Waals surface area contributed by atoms with Gasteiger partial charge >= 0.3 is 6.03 Å². The summed E-state index contributed by atoms with van der Waals surface area (Å²) in [6.07, 6.45) is 15.5. The standard InChI is InChI=1S/C29H41N3O2/c1-3-28(22-32-19-12-25(28)13-20-32)30-26(33)31-29(17-18-29)27(14-7-21-34-2)15-10-24(11-16-27)23-8-5-4-6-9-23/h4-6,8-11,15,25H,3,7,12-14,16-22H2,1-2H3,(H2,30,31,33). The fraction of sp³-hybridized carbons (Fsp3) is 0.621. The molecule has 1 aromatic carbocycles. The van der Waals surface area contributed by atoms with E-state index < -0.39 is 0 Å². The van der Waals surface area contributed by atoms with Crippen LogP contribution in [0.4, 0.5) is 4.79 Å². The lowest BCUT2D eigenvalue weighted by molar-refractivity contribution is 0.00961. The maximum absolute atomic E-state index is 13.5. The van der Waals surface area contributed by atoms with Gasteiger partial charge in [0, 0.05) is 25.7 Å². The third-order valence-corrected chi connectivity index (χ3v) is 9.27. The van der Waals surface area contributed by atoms with Crippen molar-refractivity contribution in [1.29, 1.82) is 0 Å². The number of piperidine rings is 3. The molecule has 0 aromatic heterocycles. The highest BCUT2D eigenvalue weighted by Gasteiger charge is 2.59. The number of nitrogens with zero attached hydrogens (tertiary/aromatic N) is 1. The van der Waals surface area contributed by atoms with Crippen LogP contribution in [0.3, 0.4) is 0 Å². The Morgan fingerprint density at radius 3 is 2.47 bits per heavy atom. The summed E-state index contributed by atoms with van der Waals surface area (Å²) in [6.45, 7) is 6.35. The van der Waals surface area contributed by atoms with Crippen LogP contribution >= 0.6 is 0 Å². The van der Waals surface area contributed by atoms with Crippen molar-refractivity contribution < 1.29 is 9.53 Å². The number of ether oxygens (including phenoxy) is 1. The predicted molar refractivity (Wildman–Crippen MR) is 138 cm³/mol. The van der Waals surface area contributed by atoms with Gasteiger partial charge in [-0.1, -0.05) is 55.5 Å². The molecule has 3 saturated heterocycles. The first-order valence-electron chi connectivity index (χ1n) is 13.3. The van der Waals surface area contributed by atoms with Crippen LogP contribution in [-0.4, -0.2) is 55.4 Å². The average Bonchev–Trinajstić information content (AvgIpc) is 3.66. The van der Waals surface area contributed by atoms with Crippen molar-refractivity contribution in [3.63, 3.8) is 0 Å². The van der Waals surface area contributed by atoms with Gasteiger partial charge in [-0.05, 0) is 81.5 Å². The number of urea groups is 1. The quantitative estimate of drug-likeness (QED) is 0.498. The molecule has 3 heterocycles. The Bertz CT molecular complexity index is 930. The van der Waals surface area contributed by atoms with Crippen LogP contribution in [-0.2, 0) is 4.74 Å². The Balaban J connectivity index is 1.32. The zero-order valence-electron chi connectivity index (χ0n) is 20.9. The molecule has 1 aromatic rings. The SMILES string of the molecule is CCC1(NC(=O)NC2(C3(CCCOC)C=CC(c4ccccc4)=CC3)CC2)CN2CCC1CC2. The van der Waals surface area contributed by atoms with E-state index in [4.69, 9.17) is 4.74 Å². The summed E-state index contributed by atoms with van der Waals surface area (Å²) in [4.78, 5) is 16.0. The molecule has 3 aliphatic heterocycles. The van der Waals surface area contributed by atoms with Gasteiger partial charge < -0.3 is 20.3 Å². The van der Waals surface area contributed by atoms with Crippen LogP contribution in [0.5, 0.6) is 0 Å². The first kappa shape index (κ1) is 23.6. The minimum atomic E-state index is -0.164. The topological polar surface area (TPSA) is 53.6 Å². The van der Waals surface area contributed by atoms with Crippen LogP contribution in [0.25, 0.3) is 5.57 Å². The molecule has 6 rings (SSSR count). The molecule has 2 N–H and O–H groups in total. The second-order valence-corrected chi connectivity index (χ2v) is 11.0. The minimum Gasteiger partial charge on any atom is -0.385 e. The van der Waals surface area contributed by atoms with Crippen LogP contribution in [0, 0.1) is 11.3 Å². The molecule has 2 bridgehead atoms. The Hall–Kier alpha value is -2.11. The van der Waals surface area contributed by atoms with E-state index in [1.54, 1.807) is 7.11 Å². The summed E-state index contributed by atoms with van der Waals surface area (Å²) < 4.78 is 5.40.